The van der Waals surface area contributed by atoms with E-state index < -0.39 is 6.10 Å². The Kier molecular flexibility index (Phi) is 3.28. The van der Waals surface area contributed by atoms with Crippen LogP contribution in [0.5, 0.6) is 0 Å². The Hall–Kier alpha value is -1.78. The zero-order valence-electron chi connectivity index (χ0n) is 11.7. The van der Waals surface area contributed by atoms with E-state index in [0.717, 1.165) is 27.2 Å². The molecule has 0 saturated carbocycles. The van der Waals surface area contributed by atoms with E-state index >= 15 is 0 Å². The average Bonchev–Trinajstić information content (AvgIpc) is 2.77. The number of rotatable bonds is 2. The van der Waals surface area contributed by atoms with Crippen molar-refractivity contribution in [3.05, 3.63) is 46.7 Å². The largest absolute Gasteiger partial charge is 0.387 e. The lowest BCUT2D eigenvalue weighted by Crippen LogP contribution is -1.97. The van der Waals surface area contributed by atoms with Crippen molar-refractivity contribution in [2.24, 2.45) is 0 Å². The van der Waals surface area contributed by atoms with Crippen LogP contribution in [-0.2, 0) is 0 Å². The second kappa shape index (κ2) is 4.96. The summed E-state index contributed by atoms with van der Waals surface area (Å²) in [6.45, 7) is 5.80. The van der Waals surface area contributed by atoms with Crippen molar-refractivity contribution >= 4 is 21.6 Å². The van der Waals surface area contributed by atoms with Gasteiger partial charge in [0, 0.05) is 11.8 Å². The zero-order chi connectivity index (χ0) is 14.3. The van der Waals surface area contributed by atoms with Crippen LogP contribution in [0.3, 0.4) is 0 Å². The van der Waals surface area contributed by atoms with Crippen LogP contribution in [0.2, 0.25) is 0 Å². The van der Waals surface area contributed by atoms with Crippen molar-refractivity contribution in [3.63, 3.8) is 0 Å². The molecule has 20 heavy (non-hydrogen) atoms. The fourth-order valence-electron chi connectivity index (χ4n) is 2.32. The Labute approximate surface area is 122 Å². The van der Waals surface area contributed by atoms with Crippen LogP contribution in [0.1, 0.15) is 29.3 Å². The van der Waals surface area contributed by atoms with Gasteiger partial charge in [-0.2, -0.15) is 0 Å². The fraction of sp³-hybridized carbons (Fsp3) is 0.250. The fourth-order valence-corrected chi connectivity index (χ4v) is 3.18. The molecule has 0 aliphatic rings. The van der Waals surface area contributed by atoms with Gasteiger partial charge in [-0.25, -0.2) is 4.98 Å². The summed E-state index contributed by atoms with van der Waals surface area (Å²) >= 11 is 1.70. The summed E-state index contributed by atoms with van der Waals surface area (Å²) in [7, 11) is 0. The molecule has 1 atom stereocenters. The van der Waals surface area contributed by atoms with E-state index in [1.165, 1.54) is 4.70 Å². The van der Waals surface area contributed by atoms with Crippen molar-refractivity contribution in [2.45, 2.75) is 26.9 Å². The molecule has 0 fully saturated rings. The summed E-state index contributed by atoms with van der Waals surface area (Å²) in [5, 5.41) is 10.7. The van der Waals surface area contributed by atoms with Crippen molar-refractivity contribution < 1.29 is 5.11 Å². The van der Waals surface area contributed by atoms with Gasteiger partial charge in [0.05, 0.1) is 27.0 Å². The van der Waals surface area contributed by atoms with Gasteiger partial charge in [0.25, 0.3) is 0 Å². The monoisotopic (exact) mass is 284 g/mol. The van der Waals surface area contributed by atoms with Gasteiger partial charge in [-0.05, 0) is 50.1 Å². The maximum absolute atomic E-state index is 9.58. The van der Waals surface area contributed by atoms with E-state index in [0.29, 0.717) is 5.69 Å². The van der Waals surface area contributed by atoms with Crippen LogP contribution in [-0.4, -0.2) is 15.1 Å². The highest BCUT2D eigenvalue weighted by atomic mass is 32.1. The molecule has 0 bridgehead atoms. The molecule has 4 heteroatoms. The van der Waals surface area contributed by atoms with Gasteiger partial charge in [0.2, 0.25) is 0 Å². The van der Waals surface area contributed by atoms with E-state index in [9.17, 15) is 5.11 Å². The number of benzene rings is 1. The first-order valence-electron chi connectivity index (χ1n) is 6.57. The molecule has 2 heterocycles. The number of thiazole rings is 1. The summed E-state index contributed by atoms with van der Waals surface area (Å²) in [5.74, 6) is 0. The smallest absolute Gasteiger partial charge is 0.0931 e. The number of hydrogen-bond acceptors (Lipinski definition) is 4. The average molecular weight is 284 g/mol. The summed E-state index contributed by atoms with van der Waals surface area (Å²) in [4.78, 5) is 8.82. The molecule has 0 aliphatic heterocycles. The van der Waals surface area contributed by atoms with Crippen molar-refractivity contribution in [1.82, 2.24) is 9.97 Å². The molecule has 1 unspecified atom stereocenters. The van der Waals surface area contributed by atoms with Crippen LogP contribution in [0, 0.1) is 13.8 Å². The third-order valence-electron chi connectivity index (χ3n) is 3.37. The van der Waals surface area contributed by atoms with Gasteiger partial charge in [-0.3, -0.25) is 4.98 Å². The van der Waals surface area contributed by atoms with E-state index in [1.807, 2.05) is 26.1 Å². The molecular weight excluding hydrogens is 268 g/mol. The third-order valence-corrected chi connectivity index (χ3v) is 4.30. The molecule has 2 aromatic heterocycles. The maximum Gasteiger partial charge on any atom is 0.0931 e. The Morgan fingerprint density at radius 3 is 2.70 bits per heavy atom. The molecule has 0 spiro atoms. The normalized spacial score (nSPS) is 12.8. The first-order chi connectivity index (χ1) is 9.54. The van der Waals surface area contributed by atoms with E-state index in [-0.39, 0.29) is 0 Å². The molecule has 1 N–H and O–H groups in total. The number of hydrogen-bond donors (Lipinski definition) is 1. The number of aryl methyl sites for hydroxylation is 2. The lowest BCUT2D eigenvalue weighted by atomic mass is 10.0. The first-order valence-corrected chi connectivity index (χ1v) is 7.38. The van der Waals surface area contributed by atoms with E-state index in [1.54, 1.807) is 18.3 Å². The van der Waals surface area contributed by atoms with Gasteiger partial charge in [-0.1, -0.05) is 6.07 Å². The molecule has 3 nitrogen and oxygen atoms in total. The van der Waals surface area contributed by atoms with Crippen molar-refractivity contribution in [2.75, 3.05) is 0 Å². The molecule has 0 amide bonds. The summed E-state index contributed by atoms with van der Waals surface area (Å²) < 4.78 is 1.19. The minimum atomic E-state index is -0.533. The van der Waals surface area contributed by atoms with Gasteiger partial charge < -0.3 is 5.11 Å². The maximum atomic E-state index is 9.58. The van der Waals surface area contributed by atoms with Crippen LogP contribution < -0.4 is 0 Å². The quantitative estimate of drug-likeness (QED) is 0.773. The zero-order valence-corrected chi connectivity index (χ0v) is 12.5. The minimum Gasteiger partial charge on any atom is -0.387 e. The van der Waals surface area contributed by atoms with Gasteiger partial charge in [0.15, 0.2) is 0 Å². The summed E-state index contributed by atoms with van der Waals surface area (Å²) in [6.07, 6.45) is 1.31. The van der Waals surface area contributed by atoms with Crippen LogP contribution >= 0.6 is 11.3 Å². The minimum absolute atomic E-state index is 0.533. The Bertz CT molecular complexity index is 777. The molecule has 3 rings (SSSR count). The SMILES string of the molecule is Cc1nc2ccc(-c3cnc(C(C)O)cc3C)cc2s1. The molecule has 102 valence electrons. The predicted molar refractivity (Wildman–Crippen MR) is 83.0 cm³/mol. The summed E-state index contributed by atoms with van der Waals surface area (Å²) in [5.41, 5.74) is 5.12. The van der Waals surface area contributed by atoms with Crippen molar-refractivity contribution in [3.8, 4) is 11.1 Å². The number of fused-ring (bicyclic) bond motifs is 1. The Balaban J connectivity index is 2.10. The second-order valence-electron chi connectivity index (χ2n) is 5.02. The van der Waals surface area contributed by atoms with E-state index in [2.05, 4.69) is 28.2 Å². The number of nitrogens with zero attached hydrogens (tertiary/aromatic N) is 2. The molecule has 0 radical (unpaired) electrons. The Morgan fingerprint density at radius 2 is 2.00 bits per heavy atom. The summed E-state index contributed by atoms with van der Waals surface area (Å²) in [6, 6.07) is 8.23. The van der Waals surface area contributed by atoms with Crippen molar-refractivity contribution in [1.29, 1.82) is 0 Å². The highest BCUT2D eigenvalue weighted by molar-refractivity contribution is 7.18. The number of pyridine rings is 1. The predicted octanol–water partition coefficient (Wildman–Crippen LogP) is 4.03. The number of aromatic nitrogens is 2. The van der Waals surface area contributed by atoms with Gasteiger partial charge in [-0.15, -0.1) is 11.3 Å². The highest BCUT2D eigenvalue weighted by Crippen LogP contribution is 2.30. The molecular formula is C16H16N2OS. The van der Waals surface area contributed by atoms with Gasteiger partial charge >= 0.3 is 0 Å². The molecule has 0 saturated heterocycles. The molecule has 0 aliphatic carbocycles. The number of aliphatic hydroxyl groups excluding tert-OH is 1. The molecule has 1 aromatic carbocycles. The second-order valence-corrected chi connectivity index (χ2v) is 6.25. The van der Waals surface area contributed by atoms with Gasteiger partial charge in [0.1, 0.15) is 0 Å². The highest BCUT2D eigenvalue weighted by Gasteiger charge is 2.09. The lowest BCUT2D eigenvalue weighted by Gasteiger charge is -2.09. The Morgan fingerprint density at radius 1 is 1.20 bits per heavy atom. The van der Waals surface area contributed by atoms with Crippen LogP contribution in [0.25, 0.3) is 21.3 Å². The topological polar surface area (TPSA) is 46.0 Å². The number of aliphatic hydroxyl groups is 1. The standard InChI is InChI=1S/C16H16N2OS/c1-9-6-15(10(2)19)17-8-13(9)12-4-5-14-16(7-12)20-11(3)18-14/h4-8,10,19H,1-3H3. The lowest BCUT2D eigenvalue weighted by molar-refractivity contribution is 0.194. The van der Waals surface area contributed by atoms with Crippen LogP contribution in [0.4, 0.5) is 0 Å². The molecule has 3 aromatic rings. The van der Waals surface area contributed by atoms with Crippen LogP contribution in [0.15, 0.2) is 30.5 Å². The third kappa shape index (κ3) is 2.32. The van der Waals surface area contributed by atoms with E-state index in [4.69, 9.17) is 0 Å². The first kappa shape index (κ1) is 13.2.